The van der Waals surface area contributed by atoms with Gasteiger partial charge in [-0.1, -0.05) is 6.42 Å². The lowest BCUT2D eigenvalue weighted by Crippen LogP contribution is -2.56. The molecule has 0 radical (unpaired) electrons. The minimum Gasteiger partial charge on any atom is -0.497 e. The molecule has 8 heteroatoms. The average Bonchev–Trinajstić information content (AvgIpc) is 2.84. The zero-order chi connectivity index (χ0) is 23.5. The Hall–Kier alpha value is -2.71. The van der Waals surface area contributed by atoms with E-state index < -0.39 is 0 Å². The first kappa shape index (κ1) is 23.1. The van der Waals surface area contributed by atoms with Gasteiger partial charge in [0.1, 0.15) is 5.75 Å². The van der Waals surface area contributed by atoms with Gasteiger partial charge in [-0.25, -0.2) is 0 Å². The van der Waals surface area contributed by atoms with Crippen molar-refractivity contribution in [3.05, 3.63) is 35.9 Å². The topological polar surface area (TPSA) is 65.0 Å². The molecule has 2 saturated heterocycles. The molecule has 0 spiro atoms. The summed E-state index contributed by atoms with van der Waals surface area (Å²) in [6.07, 6.45) is 4.05. The number of hydrogen-bond acceptors (Lipinski definition) is 7. The van der Waals surface area contributed by atoms with E-state index in [0.29, 0.717) is 6.54 Å². The van der Waals surface area contributed by atoms with E-state index in [1.54, 1.807) is 7.11 Å². The van der Waals surface area contributed by atoms with Gasteiger partial charge in [0.15, 0.2) is 5.82 Å². The number of amides is 1. The van der Waals surface area contributed by atoms with E-state index in [1.807, 2.05) is 24.3 Å². The number of hydrogen-bond donors (Lipinski definition) is 0. The fraction of sp³-hybridized carbons (Fsp3) is 0.577. The maximum atomic E-state index is 12.8. The van der Waals surface area contributed by atoms with Crippen molar-refractivity contribution in [2.45, 2.75) is 32.2 Å². The van der Waals surface area contributed by atoms with Crippen LogP contribution < -0.4 is 9.64 Å². The molecule has 3 aliphatic rings. The summed E-state index contributed by atoms with van der Waals surface area (Å²) in [5.74, 6) is 2.02. The molecule has 2 aromatic rings. The third-order valence-electron chi connectivity index (χ3n) is 7.67. The molecule has 5 rings (SSSR count). The maximum Gasteiger partial charge on any atom is 0.236 e. The van der Waals surface area contributed by atoms with Crippen LogP contribution in [0, 0.1) is 6.92 Å². The summed E-state index contributed by atoms with van der Waals surface area (Å²) in [4.78, 5) is 22.0. The molecule has 0 N–H and O–H groups in total. The van der Waals surface area contributed by atoms with Crippen LogP contribution in [-0.2, 0) is 4.79 Å². The Bertz CT molecular complexity index is 977. The molecular formula is C26H36N6O2. The first-order chi connectivity index (χ1) is 16.6. The number of carbonyl (C=O) groups excluding carboxylic acids is 1. The van der Waals surface area contributed by atoms with E-state index >= 15 is 0 Å². The summed E-state index contributed by atoms with van der Waals surface area (Å²) >= 11 is 0. The predicted octanol–water partition coefficient (Wildman–Crippen LogP) is 2.28. The van der Waals surface area contributed by atoms with Crippen molar-refractivity contribution in [2.75, 3.05) is 70.9 Å². The molecule has 1 amide bonds. The predicted molar refractivity (Wildman–Crippen MR) is 133 cm³/mol. The lowest BCUT2D eigenvalue weighted by molar-refractivity contribution is -0.134. The van der Waals surface area contributed by atoms with Gasteiger partial charge in [0.25, 0.3) is 0 Å². The van der Waals surface area contributed by atoms with Crippen molar-refractivity contribution >= 4 is 11.7 Å². The molecule has 0 atom stereocenters. The number of piperazine rings is 2. The molecule has 1 saturated carbocycles. The van der Waals surface area contributed by atoms with Crippen LogP contribution in [0.15, 0.2) is 30.3 Å². The highest BCUT2D eigenvalue weighted by molar-refractivity contribution is 5.78. The number of aryl methyl sites for hydroxylation is 1. The Labute approximate surface area is 202 Å². The number of anilines is 1. The van der Waals surface area contributed by atoms with Crippen LogP contribution in [0.3, 0.4) is 0 Å². The molecule has 1 aliphatic carbocycles. The summed E-state index contributed by atoms with van der Waals surface area (Å²) in [6, 6.07) is 10.9. The minimum atomic E-state index is 0.278. The van der Waals surface area contributed by atoms with Crippen molar-refractivity contribution < 1.29 is 9.53 Å². The Morgan fingerprint density at radius 1 is 0.971 bits per heavy atom. The Balaban J connectivity index is 1.09. The van der Waals surface area contributed by atoms with Crippen molar-refractivity contribution in [2.24, 2.45) is 0 Å². The van der Waals surface area contributed by atoms with Crippen LogP contribution in [0.25, 0.3) is 11.3 Å². The van der Waals surface area contributed by atoms with Crippen molar-refractivity contribution in [1.82, 2.24) is 24.9 Å². The molecule has 3 fully saturated rings. The van der Waals surface area contributed by atoms with Crippen molar-refractivity contribution in [3.8, 4) is 17.0 Å². The summed E-state index contributed by atoms with van der Waals surface area (Å²) in [5.41, 5.74) is 3.05. The molecular weight excluding hydrogens is 428 g/mol. The number of rotatable bonds is 6. The molecule has 8 nitrogen and oxygen atoms in total. The summed E-state index contributed by atoms with van der Waals surface area (Å²) < 4.78 is 5.30. The average molecular weight is 465 g/mol. The van der Waals surface area contributed by atoms with E-state index in [4.69, 9.17) is 4.74 Å². The zero-order valence-corrected chi connectivity index (χ0v) is 20.4. The highest BCUT2D eigenvalue weighted by Gasteiger charge is 2.30. The fourth-order valence-corrected chi connectivity index (χ4v) is 5.20. The number of benzene rings is 1. The van der Waals surface area contributed by atoms with Crippen LogP contribution >= 0.6 is 0 Å². The van der Waals surface area contributed by atoms with Gasteiger partial charge >= 0.3 is 0 Å². The second-order valence-electron chi connectivity index (χ2n) is 9.72. The van der Waals surface area contributed by atoms with E-state index in [2.05, 4.69) is 42.8 Å². The minimum absolute atomic E-state index is 0.278. The summed E-state index contributed by atoms with van der Waals surface area (Å²) in [7, 11) is 1.68. The van der Waals surface area contributed by atoms with Crippen LogP contribution in [0.2, 0.25) is 0 Å². The van der Waals surface area contributed by atoms with Crippen LogP contribution in [-0.4, -0.2) is 103 Å². The van der Waals surface area contributed by atoms with Gasteiger partial charge in [-0.3, -0.25) is 14.6 Å². The van der Waals surface area contributed by atoms with Gasteiger partial charge in [0, 0.05) is 64.0 Å². The smallest absolute Gasteiger partial charge is 0.236 e. The lowest BCUT2D eigenvalue weighted by atomic mass is 9.91. The molecule has 1 aromatic carbocycles. The number of aromatic nitrogens is 2. The number of carbonyl (C=O) groups is 1. The van der Waals surface area contributed by atoms with Crippen molar-refractivity contribution in [1.29, 1.82) is 0 Å². The Kier molecular flexibility index (Phi) is 6.97. The summed E-state index contributed by atoms with van der Waals surface area (Å²) in [5, 5.41) is 8.99. The van der Waals surface area contributed by atoms with Gasteiger partial charge in [0.05, 0.1) is 19.3 Å². The zero-order valence-electron chi connectivity index (χ0n) is 20.4. The molecule has 3 heterocycles. The van der Waals surface area contributed by atoms with Gasteiger partial charge in [-0.05, 0) is 55.7 Å². The monoisotopic (exact) mass is 464 g/mol. The highest BCUT2D eigenvalue weighted by atomic mass is 16.5. The molecule has 34 heavy (non-hydrogen) atoms. The quantitative estimate of drug-likeness (QED) is 0.650. The third kappa shape index (κ3) is 5.03. The third-order valence-corrected chi connectivity index (χ3v) is 7.67. The second kappa shape index (κ2) is 10.3. The molecule has 182 valence electrons. The first-order valence-corrected chi connectivity index (χ1v) is 12.6. The van der Waals surface area contributed by atoms with Crippen LogP contribution in [0.4, 0.5) is 5.82 Å². The van der Waals surface area contributed by atoms with E-state index in [1.165, 1.54) is 19.3 Å². The van der Waals surface area contributed by atoms with Crippen molar-refractivity contribution in [3.63, 3.8) is 0 Å². The Morgan fingerprint density at radius 2 is 1.74 bits per heavy atom. The van der Waals surface area contributed by atoms with Gasteiger partial charge in [-0.2, -0.15) is 0 Å². The molecule has 1 aromatic heterocycles. The molecule has 2 aliphatic heterocycles. The lowest BCUT2D eigenvalue weighted by Gasteiger charge is -2.43. The first-order valence-electron chi connectivity index (χ1n) is 12.6. The number of methoxy groups -OCH3 is 1. The number of ether oxygens (including phenoxy) is 1. The highest BCUT2D eigenvalue weighted by Crippen LogP contribution is 2.27. The van der Waals surface area contributed by atoms with E-state index in [-0.39, 0.29) is 5.91 Å². The van der Waals surface area contributed by atoms with E-state index in [0.717, 1.165) is 86.8 Å². The molecule has 0 unspecified atom stereocenters. The normalized spacial score (nSPS) is 20.3. The van der Waals surface area contributed by atoms with E-state index in [9.17, 15) is 4.79 Å². The number of nitrogens with zero attached hydrogens (tertiary/aromatic N) is 6. The second-order valence-corrected chi connectivity index (χ2v) is 9.72. The Morgan fingerprint density at radius 3 is 2.32 bits per heavy atom. The van der Waals surface area contributed by atoms with Gasteiger partial charge in [-0.15, -0.1) is 10.2 Å². The standard InChI is InChI=1S/C26H36N6O2/c1-20-18-22(34-2)6-7-23(20)24-8-9-25(28-27-24)31-12-10-29(11-13-31)19-26(33)32-16-14-30(15-17-32)21-4-3-5-21/h6-9,18,21H,3-5,10-17,19H2,1-2H3. The molecule has 0 bridgehead atoms. The summed E-state index contributed by atoms with van der Waals surface area (Å²) in [6.45, 7) is 9.88. The van der Waals surface area contributed by atoms with Gasteiger partial charge in [0.2, 0.25) is 5.91 Å². The largest absolute Gasteiger partial charge is 0.497 e. The SMILES string of the molecule is COc1ccc(-c2ccc(N3CCN(CC(=O)N4CCN(C5CCC5)CC4)CC3)nn2)c(C)c1. The fourth-order valence-electron chi connectivity index (χ4n) is 5.20. The van der Waals surface area contributed by atoms with Crippen LogP contribution in [0.5, 0.6) is 5.75 Å². The maximum absolute atomic E-state index is 12.8. The van der Waals surface area contributed by atoms with Crippen LogP contribution in [0.1, 0.15) is 24.8 Å². The van der Waals surface area contributed by atoms with Gasteiger partial charge < -0.3 is 14.5 Å².